The van der Waals surface area contributed by atoms with Gasteiger partial charge in [0.2, 0.25) is 11.8 Å². The fourth-order valence-electron chi connectivity index (χ4n) is 2.73. The second-order valence-electron chi connectivity index (χ2n) is 5.38. The fourth-order valence-corrected chi connectivity index (χ4v) is 2.73. The van der Waals surface area contributed by atoms with Gasteiger partial charge in [0.25, 0.3) is 0 Å². The van der Waals surface area contributed by atoms with Gasteiger partial charge in [-0.05, 0) is 32.2 Å². The third-order valence-corrected chi connectivity index (χ3v) is 3.80. The lowest BCUT2D eigenvalue weighted by Crippen LogP contribution is -2.17. The van der Waals surface area contributed by atoms with Crippen molar-refractivity contribution in [2.45, 2.75) is 64.8 Å². The van der Waals surface area contributed by atoms with Crippen LogP contribution in [0.15, 0.2) is 4.42 Å². The molecule has 1 N–H and O–H groups in total. The van der Waals surface area contributed by atoms with Gasteiger partial charge >= 0.3 is 0 Å². The third kappa shape index (κ3) is 3.80. The Kier molecular flexibility index (Phi) is 5.17. The quantitative estimate of drug-likeness (QED) is 0.816. The van der Waals surface area contributed by atoms with Gasteiger partial charge in [0.1, 0.15) is 0 Å². The minimum atomic E-state index is 0.158. The first-order chi connectivity index (χ1) is 8.79. The van der Waals surface area contributed by atoms with Gasteiger partial charge in [-0.25, -0.2) is 0 Å². The predicted molar refractivity (Wildman–Crippen MR) is 71.3 cm³/mol. The Morgan fingerprint density at radius 1 is 1.22 bits per heavy atom. The first kappa shape index (κ1) is 13.5. The third-order valence-electron chi connectivity index (χ3n) is 3.80. The van der Waals surface area contributed by atoms with Gasteiger partial charge in [-0.15, -0.1) is 10.2 Å². The van der Waals surface area contributed by atoms with E-state index in [9.17, 15) is 0 Å². The van der Waals surface area contributed by atoms with Crippen LogP contribution in [-0.4, -0.2) is 16.7 Å². The zero-order valence-corrected chi connectivity index (χ0v) is 11.6. The highest BCUT2D eigenvalue weighted by Gasteiger charge is 2.18. The molecule has 0 radical (unpaired) electrons. The fraction of sp³-hybridized carbons (Fsp3) is 0.857. The average Bonchev–Trinajstić information content (AvgIpc) is 2.67. The van der Waals surface area contributed by atoms with E-state index in [1.165, 1.54) is 38.5 Å². The summed E-state index contributed by atoms with van der Waals surface area (Å²) >= 11 is 0. The van der Waals surface area contributed by atoms with Crippen molar-refractivity contribution >= 4 is 0 Å². The van der Waals surface area contributed by atoms with Gasteiger partial charge in [0.05, 0.1) is 6.04 Å². The van der Waals surface area contributed by atoms with E-state index >= 15 is 0 Å². The second-order valence-corrected chi connectivity index (χ2v) is 5.38. The number of hydrogen-bond acceptors (Lipinski definition) is 4. The van der Waals surface area contributed by atoms with Crippen LogP contribution in [0.3, 0.4) is 0 Å². The molecule has 0 saturated heterocycles. The highest BCUT2D eigenvalue weighted by Crippen LogP contribution is 2.26. The topological polar surface area (TPSA) is 51.0 Å². The monoisotopic (exact) mass is 251 g/mol. The van der Waals surface area contributed by atoms with Crippen LogP contribution in [0.5, 0.6) is 0 Å². The molecule has 102 valence electrons. The largest absolute Gasteiger partial charge is 0.424 e. The molecule has 4 nitrogen and oxygen atoms in total. The number of hydrogen-bond donors (Lipinski definition) is 1. The zero-order valence-electron chi connectivity index (χ0n) is 11.6. The van der Waals surface area contributed by atoms with Crippen LogP contribution in [0.4, 0.5) is 0 Å². The minimum absolute atomic E-state index is 0.158. The molecule has 4 heteroatoms. The van der Waals surface area contributed by atoms with Crippen LogP contribution in [0.1, 0.15) is 70.2 Å². The minimum Gasteiger partial charge on any atom is -0.424 e. The summed E-state index contributed by atoms with van der Waals surface area (Å²) in [7, 11) is 0. The van der Waals surface area contributed by atoms with Crippen LogP contribution >= 0.6 is 0 Å². The summed E-state index contributed by atoms with van der Waals surface area (Å²) in [5.74, 6) is 2.29. The highest BCUT2D eigenvalue weighted by atomic mass is 16.4. The molecule has 1 saturated carbocycles. The molecule has 0 amide bonds. The number of nitrogens with one attached hydrogen (secondary N) is 1. The van der Waals surface area contributed by atoms with Gasteiger partial charge in [-0.1, -0.05) is 32.6 Å². The van der Waals surface area contributed by atoms with Crippen LogP contribution in [-0.2, 0) is 6.42 Å². The SMILES string of the molecule is CCNC(C)c1nnc(CC2CCCCCC2)o1. The van der Waals surface area contributed by atoms with E-state index in [-0.39, 0.29) is 6.04 Å². The molecule has 0 spiro atoms. The Morgan fingerprint density at radius 3 is 2.61 bits per heavy atom. The van der Waals surface area contributed by atoms with Crippen molar-refractivity contribution in [3.63, 3.8) is 0 Å². The van der Waals surface area contributed by atoms with Crippen molar-refractivity contribution in [2.24, 2.45) is 5.92 Å². The van der Waals surface area contributed by atoms with Gasteiger partial charge < -0.3 is 9.73 Å². The molecule has 1 aromatic heterocycles. The molecule has 0 aliphatic heterocycles. The van der Waals surface area contributed by atoms with Crippen LogP contribution < -0.4 is 5.32 Å². The maximum atomic E-state index is 5.76. The summed E-state index contributed by atoms with van der Waals surface area (Å²) in [5.41, 5.74) is 0. The van der Waals surface area contributed by atoms with Crippen molar-refractivity contribution in [3.8, 4) is 0 Å². The first-order valence-electron chi connectivity index (χ1n) is 7.35. The lowest BCUT2D eigenvalue weighted by molar-refractivity contribution is 0.359. The summed E-state index contributed by atoms with van der Waals surface area (Å²) in [6, 6.07) is 0.158. The molecule has 2 rings (SSSR count). The molecule has 1 fully saturated rings. The van der Waals surface area contributed by atoms with Gasteiger partial charge in [0.15, 0.2) is 0 Å². The standard InChI is InChI=1S/C14H25N3O/c1-3-15-11(2)14-17-16-13(18-14)10-12-8-6-4-5-7-9-12/h11-12,15H,3-10H2,1-2H3. The number of rotatable bonds is 5. The zero-order chi connectivity index (χ0) is 12.8. The van der Waals surface area contributed by atoms with Crippen molar-refractivity contribution in [1.82, 2.24) is 15.5 Å². The van der Waals surface area contributed by atoms with Crippen LogP contribution in [0.2, 0.25) is 0 Å². The Labute approximate surface area is 110 Å². The second kappa shape index (κ2) is 6.88. The maximum Gasteiger partial charge on any atom is 0.233 e. The van der Waals surface area contributed by atoms with E-state index in [2.05, 4.69) is 29.4 Å². The number of nitrogens with zero attached hydrogens (tertiary/aromatic N) is 2. The van der Waals surface area contributed by atoms with Crippen LogP contribution in [0.25, 0.3) is 0 Å². The first-order valence-corrected chi connectivity index (χ1v) is 7.35. The molecule has 1 aliphatic carbocycles. The molecule has 1 aliphatic rings. The Bertz CT molecular complexity index is 343. The molecule has 1 unspecified atom stereocenters. The molecular weight excluding hydrogens is 226 g/mol. The van der Waals surface area contributed by atoms with Crippen molar-refractivity contribution in [2.75, 3.05) is 6.54 Å². The molecule has 0 bridgehead atoms. The lowest BCUT2D eigenvalue weighted by atomic mass is 9.97. The summed E-state index contributed by atoms with van der Waals surface area (Å²) in [6.45, 7) is 5.06. The summed E-state index contributed by atoms with van der Waals surface area (Å²) in [5, 5.41) is 11.6. The molecule has 0 aromatic carbocycles. The van der Waals surface area contributed by atoms with E-state index in [1.807, 2.05) is 0 Å². The average molecular weight is 251 g/mol. The van der Waals surface area contributed by atoms with E-state index in [1.54, 1.807) is 0 Å². The maximum absolute atomic E-state index is 5.76. The normalized spacial score (nSPS) is 19.7. The predicted octanol–water partition coefficient (Wildman–Crippen LogP) is 3.25. The van der Waals surface area contributed by atoms with Gasteiger partial charge in [-0.3, -0.25) is 0 Å². The van der Waals surface area contributed by atoms with Crippen molar-refractivity contribution in [3.05, 3.63) is 11.8 Å². The lowest BCUT2D eigenvalue weighted by Gasteiger charge is -2.10. The molecule has 1 aromatic rings. The number of aromatic nitrogens is 2. The van der Waals surface area contributed by atoms with Gasteiger partial charge in [-0.2, -0.15) is 0 Å². The molecular formula is C14H25N3O. The Hall–Kier alpha value is -0.900. The van der Waals surface area contributed by atoms with Gasteiger partial charge in [0, 0.05) is 6.42 Å². The van der Waals surface area contributed by atoms with Crippen LogP contribution in [0, 0.1) is 5.92 Å². The summed E-state index contributed by atoms with van der Waals surface area (Å²) in [4.78, 5) is 0. The van der Waals surface area contributed by atoms with E-state index in [0.717, 1.165) is 30.7 Å². The summed E-state index contributed by atoms with van der Waals surface area (Å²) in [6.07, 6.45) is 9.11. The Balaban J connectivity index is 1.89. The van der Waals surface area contributed by atoms with E-state index < -0.39 is 0 Å². The molecule has 18 heavy (non-hydrogen) atoms. The molecule has 1 heterocycles. The van der Waals surface area contributed by atoms with Crippen molar-refractivity contribution in [1.29, 1.82) is 0 Å². The summed E-state index contributed by atoms with van der Waals surface area (Å²) < 4.78 is 5.76. The highest BCUT2D eigenvalue weighted by molar-refractivity contribution is 4.89. The molecule has 1 atom stereocenters. The van der Waals surface area contributed by atoms with E-state index in [0.29, 0.717) is 0 Å². The van der Waals surface area contributed by atoms with E-state index in [4.69, 9.17) is 4.42 Å². The van der Waals surface area contributed by atoms with Crippen molar-refractivity contribution < 1.29 is 4.42 Å². The Morgan fingerprint density at radius 2 is 1.94 bits per heavy atom. The smallest absolute Gasteiger partial charge is 0.233 e.